The lowest BCUT2D eigenvalue weighted by molar-refractivity contribution is 0.475. The molecule has 0 saturated carbocycles. The van der Waals surface area contributed by atoms with Gasteiger partial charge in [0.2, 0.25) is 0 Å². The summed E-state index contributed by atoms with van der Waals surface area (Å²) in [6, 6.07) is 12.3. The van der Waals surface area contributed by atoms with Crippen molar-refractivity contribution in [2.45, 2.75) is 6.42 Å². The van der Waals surface area contributed by atoms with E-state index in [1.807, 2.05) is 18.2 Å². The molecule has 3 N–H and O–H groups in total. The predicted molar refractivity (Wildman–Crippen MR) is 92.9 cm³/mol. The van der Waals surface area contributed by atoms with Crippen LogP contribution in [-0.2, 0) is 6.42 Å². The monoisotopic (exact) mass is 350 g/mol. The van der Waals surface area contributed by atoms with Gasteiger partial charge in [-0.15, -0.1) is 0 Å². The van der Waals surface area contributed by atoms with Crippen molar-refractivity contribution in [1.29, 1.82) is 0 Å². The molecular formula is C16H12Cl2N2OS. The molecule has 3 aromatic rings. The standard InChI is InChI=1S/C16H12Cl2N2OS/c17-10-3-6-12(13(18)8-10)16-15(19)14(22-20-16)7-9-1-4-11(21)5-2-9/h1-6,8,21H,7,19H2. The molecule has 0 atom stereocenters. The number of halogens is 2. The quantitative estimate of drug-likeness (QED) is 0.698. The Morgan fingerprint density at radius 2 is 1.82 bits per heavy atom. The number of hydrogen-bond acceptors (Lipinski definition) is 4. The minimum absolute atomic E-state index is 0.245. The largest absolute Gasteiger partial charge is 0.508 e. The first-order chi connectivity index (χ1) is 10.5. The van der Waals surface area contributed by atoms with Gasteiger partial charge in [-0.25, -0.2) is 0 Å². The van der Waals surface area contributed by atoms with Crippen LogP contribution < -0.4 is 5.73 Å². The van der Waals surface area contributed by atoms with Crippen LogP contribution in [0.1, 0.15) is 10.4 Å². The van der Waals surface area contributed by atoms with Gasteiger partial charge in [-0.1, -0.05) is 35.3 Å². The molecular weight excluding hydrogens is 339 g/mol. The van der Waals surface area contributed by atoms with Gasteiger partial charge in [0.1, 0.15) is 11.4 Å². The molecule has 0 amide bonds. The molecule has 22 heavy (non-hydrogen) atoms. The van der Waals surface area contributed by atoms with Crippen molar-refractivity contribution < 1.29 is 5.11 Å². The zero-order valence-electron chi connectivity index (χ0n) is 11.4. The fraction of sp³-hybridized carbons (Fsp3) is 0.0625. The summed E-state index contributed by atoms with van der Waals surface area (Å²) >= 11 is 13.5. The van der Waals surface area contributed by atoms with E-state index in [-0.39, 0.29) is 5.75 Å². The molecule has 112 valence electrons. The fourth-order valence-corrected chi connectivity index (χ4v) is 3.46. The average Bonchev–Trinajstić information content (AvgIpc) is 2.83. The van der Waals surface area contributed by atoms with Gasteiger partial charge in [0.15, 0.2) is 0 Å². The predicted octanol–water partition coefficient (Wildman–Crippen LogP) is 5.00. The van der Waals surface area contributed by atoms with Gasteiger partial charge in [-0.05, 0) is 47.4 Å². The second-order valence-corrected chi connectivity index (χ2v) is 6.54. The van der Waals surface area contributed by atoms with Crippen molar-refractivity contribution >= 4 is 40.4 Å². The van der Waals surface area contributed by atoms with Gasteiger partial charge in [-0.3, -0.25) is 0 Å². The lowest BCUT2D eigenvalue weighted by Crippen LogP contribution is -1.93. The zero-order chi connectivity index (χ0) is 15.7. The molecule has 0 fully saturated rings. The van der Waals surface area contributed by atoms with E-state index in [0.717, 1.165) is 16.0 Å². The molecule has 0 bridgehead atoms. The van der Waals surface area contributed by atoms with Gasteiger partial charge in [-0.2, -0.15) is 4.37 Å². The Hall–Kier alpha value is -1.75. The molecule has 3 rings (SSSR count). The highest BCUT2D eigenvalue weighted by molar-refractivity contribution is 7.06. The highest BCUT2D eigenvalue weighted by Crippen LogP contribution is 2.37. The molecule has 0 saturated heterocycles. The highest BCUT2D eigenvalue weighted by Gasteiger charge is 2.15. The van der Waals surface area contributed by atoms with E-state index in [1.165, 1.54) is 11.5 Å². The van der Waals surface area contributed by atoms with Crippen LogP contribution >= 0.6 is 34.7 Å². The summed E-state index contributed by atoms with van der Waals surface area (Å²) in [5.74, 6) is 0.245. The first-order valence-electron chi connectivity index (χ1n) is 6.52. The Bertz CT molecular complexity index is 816. The van der Waals surface area contributed by atoms with Crippen molar-refractivity contribution in [2.24, 2.45) is 0 Å². The first-order valence-corrected chi connectivity index (χ1v) is 8.05. The number of nitrogen functional groups attached to an aromatic ring is 1. The minimum atomic E-state index is 0.245. The average molecular weight is 351 g/mol. The molecule has 2 aromatic carbocycles. The number of rotatable bonds is 3. The maximum Gasteiger partial charge on any atom is 0.115 e. The third-order valence-corrected chi connectivity index (χ3v) is 4.70. The van der Waals surface area contributed by atoms with Crippen LogP contribution in [0.15, 0.2) is 42.5 Å². The maximum absolute atomic E-state index is 9.32. The number of phenolic OH excluding ortho intramolecular Hbond substituents is 1. The van der Waals surface area contributed by atoms with E-state index >= 15 is 0 Å². The Morgan fingerprint density at radius 3 is 2.50 bits per heavy atom. The van der Waals surface area contributed by atoms with Crippen LogP contribution in [0, 0.1) is 0 Å². The molecule has 0 aliphatic heterocycles. The Morgan fingerprint density at radius 1 is 1.09 bits per heavy atom. The van der Waals surface area contributed by atoms with Gasteiger partial charge in [0.25, 0.3) is 0 Å². The van der Waals surface area contributed by atoms with Crippen LogP contribution in [0.4, 0.5) is 5.69 Å². The maximum atomic E-state index is 9.32. The second kappa shape index (κ2) is 6.16. The van der Waals surface area contributed by atoms with E-state index < -0.39 is 0 Å². The van der Waals surface area contributed by atoms with Crippen molar-refractivity contribution in [3.8, 4) is 17.0 Å². The molecule has 0 radical (unpaired) electrons. The normalized spacial score (nSPS) is 10.8. The molecule has 1 aromatic heterocycles. The van der Waals surface area contributed by atoms with Crippen molar-refractivity contribution in [2.75, 3.05) is 5.73 Å². The van der Waals surface area contributed by atoms with E-state index in [2.05, 4.69) is 4.37 Å². The highest BCUT2D eigenvalue weighted by atomic mass is 35.5. The number of aromatic hydroxyl groups is 1. The number of phenols is 1. The molecule has 1 heterocycles. The number of hydrogen-bond donors (Lipinski definition) is 2. The van der Waals surface area contributed by atoms with Crippen molar-refractivity contribution in [3.05, 3.63) is 63.0 Å². The van der Waals surface area contributed by atoms with Gasteiger partial charge in [0, 0.05) is 17.0 Å². The van der Waals surface area contributed by atoms with E-state index in [1.54, 1.807) is 24.3 Å². The smallest absolute Gasteiger partial charge is 0.115 e. The van der Waals surface area contributed by atoms with Crippen molar-refractivity contribution in [1.82, 2.24) is 4.37 Å². The molecule has 3 nitrogen and oxygen atoms in total. The van der Waals surface area contributed by atoms with Crippen LogP contribution in [0.2, 0.25) is 10.0 Å². The van der Waals surface area contributed by atoms with Crippen molar-refractivity contribution in [3.63, 3.8) is 0 Å². The zero-order valence-corrected chi connectivity index (χ0v) is 13.7. The number of benzene rings is 2. The summed E-state index contributed by atoms with van der Waals surface area (Å²) in [5, 5.41) is 10.4. The third-order valence-electron chi connectivity index (χ3n) is 3.29. The topological polar surface area (TPSA) is 59.1 Å². The van der Waals surface area contributed by atoms with E-state index in [4.69, 9.17) is 28.9 Å². The SMILES string of the molecule is Nc1c(-c2ccc(Cl)cc2Cl)nsc1Cc1ccc(O)cc1. The summed E-state index contributed by atoms with van der Waals surface area (Å²) in [7, 11) is 0. The van der Waals surface area contributed by atoms with Crippen LogP contribution in [-0.4, -0.2) is 9.48 Å². The summed E-state index contributed by atoms with van der Waals surface area (Å²) in [5.41, 5.74) is 9.37. The molecule has 6 heteroatoms. The first kappa shape index (κ1) is 15.2. The molecule has 0 unspecified atom stereocenters. The lowest BCUT2D eigenvalue weighted by atomic mass is 10.1. The van der Waals surface area contributed by atoms with Crippen LogP contribution in [0.3, 0.4) is 0 Å². The summed E-state index contributed by atoms with van der Waals surface area (Å²) in [4.78, 5) is 0.965. The number of nitrogens with zero attached hydrogens (tertiary/aromatic N) is 1. The number of nitrogens with two attached hydrogens (primary N) is 1. The summed E-state index contributed by atoms with van der Waals surface area (Å²) in [6.07, 6.45) is 0.662. The Balaban J connectivity index is 1.93. The molecule has 0 aliphatic rings. The Kier molecular flexibility index (Phi) is 4.25. The van der Waals surface area contributed by atoms with Crippen LogP contribution in [0.5, 0.6) is 5.75 Å². The van der Waals surface area contributed by atoms with E-state index in [0.29, 0.717) is 27.8 Å². The Labute approximate surface area is 142 Å². The molecule has 0 aliphatic carbocycles. The van der Waals surface area contributed by atoms with Gasteiger partial charge in [0.05, 0.1) is 15.6 Å². The minimum Gasteiger partial charge on any atom is -0.508 e. The lowest BCUT2D eigenvalue weighted by Gasteiger charge is -2.04. The second-order valence-electron chi connectivity index (χ2n) is 4.84. The number of anilines is 1. The summed E-state index contributed by atoms with van der Waals surface area (Å²) in [6.45, 7) is 0. The van der Waals surface area contributed by atoms with Gasteiger partial charge >= 0.3 is 0 Å². The van der Waals surface area contributed by atoms with Crippen LogP contribution in [0.25, 0.3) is 11.3 Å². The van der Waals surface area contributed by atoms with Gasteiger partial charge < -0.3 is 10.8 Å². The number of aromatic nitrogens is 1. The molecule has 0 spiro atoms. The van der Waals surface area contributed by atoms with E-state index in [9.17, 15) is 5.11 Å². The summed E-state index contributed by atoms with van der Waals surface area (Å²) < 4.78 is 4.43. The fourth-order valence-electron chi connectivity index (χ4n) is 2.13. The third kappa shape index (κ3) is 3.04.